The number of benzene rings is 8. The minimum absolute atomic E-state index is 0.0861. The Morgan fingerprint density at radius 1 is 0.556 bits per heavy atom. The molecule has 0 atom stereocenters. The minimum atomic E-state index is -0.324. The zero-order valence-corrected chi connectivity index (χ0v) is 50.5. The molecule has 0 spiro atoms. The monoisotopic (exact) mass is 1060 g/mol. The van der Waals surface area contributed by atoms with Gasteiger partial charge in [0, 0.05) is 66.3 Å². The van der Waals surface area contributed by atoms with Gasteiger partial charge in [0.1, 0.15) is 0 Å². The van der Waals surface area contributed by atoms with Crippen LogP contribution in [0.2, 0.25) is 0 Å². The van der Waals surface area contributed by atoms with Gasteiger partial charge in [-0.2, -0.15) is 0 Å². The summed E-state index contributed by atoms with van der Waals surface area (Å²) in [6.45, 7) is 34.6. The van der Waals surface area contributed by atoms with Crippen LogP contribution in [0.1, 0.15) is 149 Å². The summed E-state index contributed by atoms with van der Waals surface area (Å²) in [5.41, 5.74) is 26.0. The Morgan fingerprint density at radius 3 is 1.84 bits per heavy atom. The molecule has 0 radical (unpaired) electrons. The predicted molar refractivity (Wildman–Crippen MR) is 351 cm³/mol. The van der Waals surface area contributed by atoms with E-state index in [1.807, 2.05) is 13.8 Å². The largest absolute Gasteiger partial charge is 0.314 e. The van der Waals surface area contributed by atoms with Gasteiger partial charge in [-0.15, -0.1) is 0 Å². The van der Waals surface area contributed by atoms with Gasteiger partial charge in [-0.3, -0.25) is 0 Å². The first-order valence-corrected chi connectivity index (χ1v) is 29.7. The molecule has 0 bridgehead atoms. The zero-order chi connectivity index (χ0) is 57.1. The highest BCUT2D eigenvalue weighted by molar-refractivity contribution is 6.17. The molecule has 9 aromatic rings. The van der Waals surface area contributed by atoms with Crippen LogP contribution in [0.15, 0.2) is 217 Å². The van der Waals surface area contributed by atoms with Crippen molar-refractivity contribution in [1.29, 1.82) is 0 Å². The van der Waals surface area contributed by atoms with E-state index in [1.54, 1.807) is 0 Å². The minimum Gasteiger partial charge on any atom is -0.314 e. The standard InChI is InChI=1S/C76H73N3.C2H6/c1-14-24-57-49(5)74(8,9)66-44-54(37-39-60(57)66)77(48(4)34-35-52-29-20-21-40-73(52,6)7)55-42-62-63-43-56(46-68-71(63)79-70(62)67(45-55)75(10,11)64-31-23-32-65(72(64)79)76(68,12)13)78(69-33-22-28-51-27-18-19-30-59(51)69)53-36-38-58(61(41-53)47(2)3)50-25-16-15-17-26-50;1-2/h14-47H,1-13H3;1-2H3/b24-14-,48-34+,52-35-;. The first-order valence-electron chi connectivity index (χ1n) is 29.7. The van der Waals surface area contributed by atoms with E-state index in [2.05, 4.69) is 305 Å². The van der Waals surface area contributed by atoms with E-state index in [4.69, 9.17) is 0 Å². The Labute approximate surface area is 482 Å². The summed E-state index contributed by atoms with van der Waals surface area (Å²) in [5.74, 6) is 0.295. The van der Waals surface area contributed by atoms with Crippen molar-refractivity contribution in [2.75, 3.05) is 9.80 Å². The smallest absolute Gasteiger partial charge is 0.0583 e. The van der Waals surface area contributed by atoms with E-state index < -0.39 is 0 Å². The van der Waals surface area contributed by atoms with Crippen LogP contribution in [0.4, 0.5) is 28.4 Å². The van der Waals surface area contributed by atoms with Gasteiger partial charge < -0.3 is 14.4 Å². The van der Waals surface area contributed by atoms with E-state index in [9.17, 15) is 0 Å². The van der Waals surface area contributed by atoms with Gasteiger partial charge in [0.05, 0.1) is 22.4 Å². The molecule has 4 aliphatic rings. The summed E-state index contributed by atoms with van der Waals surface area (Å²) < 4.78 is 2.68. The third-order valence-corrected chi connectivity index (χ3v) is 18.8. The lowest BCUT2D eigenvalue weighted by Crippen LogP contribution is -2.33. The SMILES string of the molecule is C/C=C\C1=C(C)C(C)(C)c2cc(N(/C(C)=C/C=C3/C=CC=CC3(C)C)c3cc4c5c(c3)c3cc(N(c6ccc(-c7ccccc7)c(C(C)C)c6)c6cccc7ccccc67)cc6c3n5-c3c(cccc3C6(C)C)C4(C)C)ccc21.CC. The maximum Gasteiger partial charge on any atom is 0.0583 e. The lowest BCUT2D eigenvalue weighted by molar-refractivity contribution is 0.591. The summed E-state index contributed by atoms with van der Waals surface area (Å²) in [4.78, 5) is 5.11. The van der Waals surface area contributed by atoms with Gasteiger partial charge in [-0.1, -0.05) is 228 Å². The van der Waals surface area contributed by atoms with Crippen molar-refractivity contribution in [3.05, 3.63) is 256 Å². The fraction of sp³-hybridized carbons (Fsp3) is 0.256. The summed E-state index contributed by atoms with van der Waals surface area (Å²) in [6.07, 6.45) is 18.1. The Hall–Kier alpha value is -8.14. The number of rotatable bonds is 10. The highest BCUT2D eigenvalue weighted by Crippen LogP contribution is 2.58. The van der Waals surface area contributed by atoms with Gasteiger partial charge >= 0.3 is 0 Å². The normalized spacial score (nSPS) is 17.2. The highest BCUT2D eigenvalue weighted by Gasteiger charge is 2.45. The third kappa shape index (κ3) is 8.20. The second-order valence-corrected chi connectivity index (χ2v) is 25.3. The Kier molecular flexibility index (Phi) is 12.9. The van der Waals surface area contributed by atoms with Crippen molar-refractivity contribution < 1.29 is 0 Å². The van der Waals surface area contributed by atoms with E-state index >= 15 is 0 Å². The van der Waals surface area contributed by atoms with Crippen molar-refractivity contribution in [3.63, 3.8) is 0 Å². The Morgan fingerprint density at radius 2 is 1.16 bits per heavy atom. The molecule has 13 rings (SSSR count). The highest BCUT2D eigenvalue weighted by atomic mass is 15.2. The maximum atomic E-state index is 2.68. The molecule has 0 unspecified atom stereocenters. The molecule has 3 heteroatoms. The number of aromatic nitrogens is 1. The van der Waals surface area contributed by atoms with Crippen LogP contribution in [0.3, 0.4) is 0 Å². The van der Waals surface area contributed by atoms with Crippen molar-refractivity contribution in [2.45, 2.75) is 126 Å². The number of hydrogen-bond acceptors (Lipinski definition) is 2. The molecule has 0 N–H and O–H groups in total. The van der Waals surface area contributed by atoms with Crippen LogP contribution in [0.5, 0.6) is 0 Å². The van der Waals surface area contributed by atoms with Crippen LogP contribution >= 0.6 is 0 Å². The summed E-state index contributed by atoms with van der Waals surface area (Å²) in [6, 6.07) is 58.2. The zero-order valence-electron chi connectivity index (χ0n) is 50.5. The van der Waals surface area contributed by atoms with Crippen LogP contribution in [0, 0.1) is 5.41 Å². The van der Waals surface area contributed by atoms with Crippen LogP contribution < -0.4 is 9.80 Å². The molecule has 0 saturated heterocycles. The first kappa shape index (κ1) is 53.5. The Bertz CT molecular complexity index is 4240. The average molecular weight is 1060 g/mol. The van der Waals surface area contributed by atoms with E-state index in [0.717, 1.165) is 34.1 Å². The predicted octanol–water partition coefficient (Wildman–Crippen LogP) is 22.3. The first-order chi connectivity index (χ1) is 38.8. The number of hydrogen-bond donors (Lipinski definition) is 0. The molecule has 0 amide bonds. The van der Waals surface area contributed by atoms with Crippen molar-refractivity contribution in [2.24, 2.45) is 5.41 Å². The molecule has 2 aliphatic heterocycles. The fourth-order valence-corrected chi connectivity index (χ4v) is 14.1. The fourth-order valence-electron chi connectivity index (χ4n) is 14.1. The van der Waals surface area contributed by atoms with E-state index in [0.29, 0.717) is 5.92 Å². The van der Waals surface area contributed by atoms with Crippen LogP contribution in [-0.2, 0) is 16.2 Å². The summed E-state index contributed by atoms with van der Waals surface area (Å²) in [5, 5.41) is 4.97. The molecule has 2 aliphatic carbocycles. The Balaban J connectivity index is 0.00000322. The number of anilines is 5. The molecular weight excluding hydrogens is 979 g/mol. The molecule has 406 valence electrons. The number of fused-ring (bicyclic) bond motifs is 3. The van der Waals surface area contributed by atoms with Crippen molar-refractivity contribution in [3.8, 4) is 16.8 Å². The van der Waals surface area contributed by atoms with Gasteiger partial charge in [0.15, 0.2) is 0 Å². The lowest BCUT2D eigenvalue weighted by atomic mass is 9.68. The van der Waals surface area contributed by atoms with Crippen LogP contribution in [-0.4, -0.2) is 4.57 Å². The molecule has 81 heavy (non-hydrogen) atoms. The molecule has 3 nitrogen and oxygen atoms in total. The lowest BCUT2D eigenvalue weighted by Gasteiger charge is -2.42. The number of para-hydroxylation sites is 1. The van der Waals surface area contributed by atoms with Gasteiger partial charge in [-0.25, -0.2) is 0 Å². The molecule has 3 heterocycles. The molecule has 0 fully saturated rings. The van der Waals surface area contributed by atoms with Gasteiger partial charge in [0.2, 0.25) is 0 Å². The molecule has 1 aromatic heterocycles. The van der Waals surface area contributed by atoms with E-state index in [-0.39, 0.29) is 21.7 Å². The topological polar surface area (TPSA) is 11.4 Å². The second kappa shape index (κ2) is 19.5. The van der Waals surface area contributed by atoms with E-state index in [1.165, 1.54) is 105 Å². The average Bonchev–Trinajstić information content (AvgIpc) is 2.12. The maximum absolute atomic E-state index is 2.68. The summed E-state index contributed by atoms with van der Waals surface area (Å²) in [7, 11) is 0. The van der Waals surface area contributed by atoms with Crippen LogP contribution in [0.25, 0.3) is 55.0 Å². The van der Waals surface area contributed by atoms with Crippen molar-refractivity contribution in [1.82, 2.24) is 4.57 Å². The quantitative estimate of drug-likeness (QED) is 0.135. The second-order valence-electron chi connectivity index (χ2n) is 25.3. The third-order valence-electron chi connectivity index (χ3n) is 18.8. The van der Waals surface area contributed by atoms with Crippen molar-refractivity contribution >= 4 is 66.6 Å². The van der Waals surface area contributed by atoms with Gasteiger partial charge in [-0.05, 0) is 154 Å². The molecular formula is C78H79N3. The molecule has 8 aromatic carbocycles. The molecule has 0 saturated carbocycles. The summed E-state index contributed by atoms with van der Waals surface area (Å²) >= 11 is 0. The number of allylic oxidation sites excluding steroid dienone is 12. The number of nitrogens with zero attached hydrogens (tertiary/aromatic N) is 3. The van der Waals surface area contributed by atoms with Gasteiger partial charge in [0.25, 0.3) is 0 Å².